The fourth-order valence-corrected chi connectivity index (χ4v) is 3.51. The van der Waals surface area contributed by atoms with E-state index in [1.807, 2.05) is 6.07 Å². The van der Waals surface area contributed by atoms with Crippen LogP contribution in [0.1, 0.15) is 48.3 Å². The Morgan fingerprint density at radius 1 is 1.39 bits per heavy atom. The maximum absolute atomic E-state index is 12.6. The molecule has 28 heavy (non-hydrogen) atoms. The largest absolute Gasteiger partial charge is 0.489 e. The first-order chi connectivity index (χ1) is 13.7. The monoisotopic (exact) mass is 385 g/mol. The van der Waals surface area contributed by atoms with E-state index in [9.17, 15) is 9.70 Å². The highest BCUT2D eigenvalue weighted by Crippen LogP contribution is 2.27. The Morgan fingerprint density at radius 2 is 2.21 bits per heavy atom. The molecule has 148 valence electrons. The molecule has 1 amide bonds. The lowest BCUT2D eigenvalue weighted by atomic mass is 9.90. The second-order valence-corrected chi connectivity index (χ2v) is 6.79. The Bertz CT molecular complexity index is 883. The standard InChI is InChI=1S/C18H23N7O3/c19-24-21-11-14-16(18(26)20-8-9-22-27)25-10-4-7-15(17(25)23-14)28-12-13-5-2-1-3-6-13/h4,7,10,13H,1-3,5-6,8-9,11-12H2,(H,20,26). The highest BCUT2D eigenvalue weighted by Gasteiger charge is 2.21. The van der Waals surface area contributed by atoms with E-state index < -0.39 is 5.91 Å². The van der Waals surface area contributed by atoms with Crippen molar-refractivity contribution in [3.63, 3.8) is 0 Å². The fourth-order valence-electron chi connectivity index (χ4n) is 3.51. The number of nitroso groups, excluding NO2 is 1. The van der Waals surface area contributed by atoms with Gasteiger partial charge in [0, 0.05) is 17.7 Å². The van der Waals surface area contributed by atoms with Gasteiger partial charge in [0.2, 0.25) is 0 Å². The van der Waals surface area contributed by atoms with E-state index >= 15 is 0 Å². The number of ether oxygens (including phenoxy) is 1. The van der Waals surface area contributed by atoms with Crippen LogP contribution in [0.3, 0.4) is 0 Å². The smallest absolute Gasteiger partial charge is 0.270 e. The van der Waals surface area contributed by atoms with Crippen molar-refractivity contribution in [3.05, 3.63) is 45.1 Å². The number of amides is 1. The Labute approximate surface area is 161 Å². The lowest BCUT2D eigenvalue weighted by Gasteiger charge is -2.21. The van der Waals surface area contributed by atoms with E-state index in [4.69, 9.17) is 10.3 Å². The number of hydrogen-bond acceptors (Lipinski definition) is 6. The molecular weight excluding hydrogens is 362 g/mol. The Kier molecular flexibility index (Phi) is 6.80. The van der Waals surface area contributed by atoms with Crippen molar-refractivity contribution in [3.8, 4) is 5.75 Å². The van der Waals surface area contributed by atoms with Crippen LogP contribution >= 0.6 is 0 Å². The molecule has 1 aliphatic rings. The van der Waals surface area contributed by atoms with E-state index in [2.05, 4.69) is 25.5 Å². The number of rotatable bonds is 9. The lowest BCUT2D eigenvalue weighted by Crippen LogP contribution is -2.28. The first kappa shape index (κ1) is 19.6. The van der Waals surface area contributed by atoms with Gasteiger partial charge in [0.05, 0.1) is 25.4 Å². The molecule has 1 saturated carbocycles. The van der Waals surface area contributed by atoms with Crippen LogP contribution in [-0.2, 0) is 6.54 Å². The molecule has 0 radical (unpaired) electrons. The van der Waals surface area contributed by atoms with Crippen LogP contribution < -0.4 is 10.1 Å². The molecule has 2 aromatic heterocycles. The van der Waals surface area contributed by atoms with Gasteiger partial charge in [-0.25, -0.2) is 4.98 Å². The van der Waals surface area contributed by atoms with Crippen LogP contribution in [0.4, 0.5) is 0 Å². The van der Waals surface area contributed by atoms with Crippen molar-refractivity contribution in [2.75, 3.05) is 19.7 Å². The van der Waals surface area contributed by atoms with Crippen LogP contribution in [0.5, 0.6) is 5.75 Å². The minimum Gasteiger partial charge on any atom is -0.489 e. The van der Waals surface area contributed by atoms with Crippen LogP contribution in [-0.4, -0.2) is 35.0 Å². The minimum atomic E-state index is -0.413. The Balaban J connectivity index is 1.88. The Hall–Kier alpha value is -3.13. The van der Waals surface area contributed by atoms with Gasteiger partial charge in [0.1, 0.15) is 5.69 Å². The number of nitrogens with one attached hydrogen (secondary N) is 1. The number of fused-ring (bicyclic) bond motifs is 1. The number of aromatic nitrogens is 2. The van der Waals surface area contributed by atoms with Gasteiger partial charge in [0.25, 0.3) is 5.91 Å². The second kappa shape index (κ2) is 9.70. The van der Waals surface area contributed by atoms with Gasteiger partial charge in [-0.15, -0.1) is 0 Å². The molecule has 10 nitrogen and oxygen atoms in total. The summed E-state index contributed by atoms with van der Waals surface area (Å²) in [5.74, 6) is 0.706. The highest BCUT2D eigenvalue weighted by atomic mass is 16.5. The summed E-state index contributed by atoms with van der Waals surface area (Å²) in [4.78, 5) is 30.1. The molecule has 1 fully saturated rings. The quantitative estimate of drug-likeness (QED) is 0.232. The highest BCUT2D eigenvalue weighted by molar-refractivity contribution is 5.95. The van der Waals surface area contributed by atoms with Crippen LogP contribution in [0.25, 0.3) is 16.1 Å². The van der Waals surface area contributed by atoms with Crippen molar-refractivity contribution >= 4 is 11.6 Å². The van der Waals surface area contributed by atoms with Crippen LogP contribution in [0.2, 0.25) is 0 Å². The summed E-state index contributed by atoms with van der Waals surface area (Å²) in [6.45, 7) is 0.651. The summed E-state index contributed by atoms with van der Waals surface area (Å²) in [5.41, 5.74) is 9.75. The van der Waals surface area contributed by atoms with E-state index in [-0.39, 0.29) is 25.3 Å². The third kappa shape index (κ3) is 4.58. The minimum absolute atomic E-state index is 0.0239. The molecule has 0 saturated heterocycles. The van der Waals surface area contributed by atoms with Crippen LogP contribution in [0, 0.1) is 10.8 Å². The number of carbonyl (C=O) groups is 1. The predicted octanol–water partition coefficient (Wildman–Crippen LogP) is 3.60. The zero-order valence-corrected chi connectivity index (χ0v) is 15.6. The summed E-state index contributed by atoms with van der Waals surface area (Å²) in [6, 6.07) is 3.60. The first-order valence-electron chi connectivity index (χ1n) is 9.45. The average molecular weight is 385 g/mol. The van der Waals surface area contributed by atoms with Gasteiger partial charge >= 0.3 is 0 Å². The molecule has 10 heteroatoms. The van der Waals surface area contributed by atoms with Crippen molar-refractivity contribution in [2.24, 2.45) is 16.2 Å². The number of imidazole rings is 1. The molecule has 0 bridgehead atoms. The van der Waals surface area contributed by atoms with Crippen molar-refractivity contribution in [2.45, 2.75) is 38.6 Å². The molecule has 1 aliphatic carbocycles. The van der Waals surface area contributed by atoms with Gasteiger partial charge in [-0.2, -0.15) is 4.91 Å². The SMILES string of the molecule is [N-]=[N+]=NCc1nc2c(OCC3CCCCC3)cccn2c1C(=O)NCCN=O. The van der Waals surface area contributed by atoms with Gasteiger partial charge in [-0.3, -0.25) is 9.20 Å². The molecule has 0 spiro atoms. The summed E-state index contributed by atoms with van der Waals surface area (Å²) in [6.07, 6.45) is 7.79. The van der Waals surface area contributed by atoms with E-state index in [0.717, 1.165) is 12.8 Å². The average Bonchev–Trinajstić information content (AvgIpc) is 3.10. The molecule has 2 heterocycles. The van der Waals surface area contributed by atoms with Gasteiger partial charge in [-0.05, 0) is 36.4 Å². The summed E-state index contributed by atoms with van der Waals surface area (Å²) in [5, 5.41) is 8.90. The second-order valence-electron chi connectivity index (χ2n) is 6.79. The summed E-state index contributed by atoms with van der Waals surface area (Å²) >= 11 is 0. The normalized spacial score (nSPS) is 14.4. The predicted molar refractivity (Wildman–Crippen MR) is 103 cm³/mol. The van der Waals surface area contributed by atoms with Crippen molar-refractivity contribution in [1.29, 1.82) is 0 Å². The molecule has 0 unspecified atom stereocenters. The van der Waals surface area contributed by atoms with Gasteiger partial charge in [0.15, 0.2) is 11.4 Å². The number of hydrogen-bond donors (Lipinski definition) is 1. The molecule has 2 aromatic rings. The topological polar surface area (TPSA) is 134 Å². The molecule has 0 atom stereocenters. The first-order valence-corrected chi connectivity index (χ1v) is 9.45. The Morgan fingerprint density at radius 3 is 2.96 bits per heavy atom. The molecular formula is C18H23N7O3. The molecule has 0 aromatic carbocycles. The maximum Gasteiger partial charge on any atom is 0.270 e. The third-order valence-corrected chi connectivity index (χ3v) is 4.87. The molecule has 1 N–H and O–H groups in total. The van der Waals surface area contributed by atoms with Gasteiger partial charge < -0.3 is 10.1 Å². The van der Waals surface area contributed by atoms with E-state index in [0.29, 0.717) is 29.6 Å². The maximum atomic E-state index is 12.6. The number of nitrogens with zero attached hydrogens (tertiary/aromatic N) is 6. The van der Waals surface area contributed by atoms with E-state index in [1.54, 1.807) is 16.7 Å². The zero-order valence-electron chi connectivity index (χ0n) is 15.6. The summed E-state index contributed by atoms with van der Waals surface area (Å²) < 4.78 is 7.66. The molecule has 3 rings (SSSR count). The number of pyridine rings is 1. The van der Waals surface area contributed by atoms with Crippen LogP contribution in [0.15, 0.2) is 28.6 Å². The molecule has 0 aliphatic heterocycles. The third-order valence-electron chi connectivity index (χ3n) is 4.87. The zero-order chi connectivity index (χ0) is 19.8. The fraction of sp³-hybridized carbons (Fsp3) is 0.556. The van der Waals surface area contributed by atoms with Gasteiger partial charge in [-0.1, -0.05) is 29.6 Å². The summed E-state index contributed by atoms with van der Waals surface area (Å²) in [7, 11) is 0. The number of carbonyl (C=O) groups excluding carboxylic acids is 1. The number of azide groups is 1. The van der Waals surface area contributed by atoms with Crippen molar-refractivity contribution in [1.82, 2.24) is 14.7 Å². The van der Waals surface area contributed by atoms with E-state index in [1.165, 1.54) is 19.3 Å². The van der Waals surface area contributed by atoms with Crippen molar-refractivity contribution < 1.29 is 9.53 Å². The lowest BCUT2D eigenvalue weighted by molar-refractivity contribution is 0.0948.